The van der Waals surface area contributed by atoms with Crippen molar-refractivity contribution in [2.24, 2.45) is 0 Å². The number of amides is 3. The second-order valence-electron chi connectivity index (χ2n) is 5.89. The summed E-state index contributed by atoms with van der Waals surface area (Å²) >= 11 is 6.18. The monoisotopic (exact) mass is 367 g/mol. The topological polar surface area (TPSA) is 99.2 Å². The van der Waals surface area contributed by atoms with Crippen molar-refractivity contribution < 1.29 is 24.2 Å². The minimum absolute atomic E-state index is 0.149. The molecule has 2 N–H and O–H groups in total. The van der Waals surface area contributed by atoms with Crippen LogP contribution in [0.1, 0.15) is 16.8 Å². The zero-order valence-corrected chi connectivity index (χ0v) is 14.2. The first-order chi connectivity index (χ1) is 12.0. The molecular formula is C16H18ClN3O5. The molecule has 2 heterocycles. The van der Waals surface area contributed by atoms with Gasteiger partial charge in [-0.25, -0.2) is 4.79 Å². The Hall–Kier alpha value is -2.32. The highest BCUT2D eigenvalue weighted by Gasteiger charge is 2.28. The molecule has 2 aliphatic rings. The first-order valence-electron chi connectivity index (χ1n) is 7.93. The number of carboxylic acids is 1. The summed E-state index contributed by atoms with van der Waals surface area (Å²) in [6, 6.07) is 4.53. The van der Waals surface area contributed by atoms with Crippen molar-refractivity contribution in [1.82, 2.24) is 10.2 Å². The van der Waals surface area contributed by atoms with Crippen LogP contribution in [0.3, 0.4) is 0 Å². The molecule has 8 nitrogen and oxygen atoms in total. The lowest BCUT2D eigenvalue weighted by atomic mass is 10.1. The van der Waals surface area contributed by atoms with Gasteiger partial charge < -0.3 is 20.1 Å². The van der Waals surface area contributed by atoms with E-state index in [1.54, 1.807) is 23.1 Å². The first-order valence-corrected chi connectivity index (χ1v) is 8.31. The standard InChI is InChI=1S/C16H18ClN3O5/c17-12-2-1-10(7-13(12)20-4-3-18-16(20)24)15(23)19-5-6-25-11(9-19)8-14(21)22/h1-2,7,11H,3-6,8-9H2,(H,18,24)(H,21,22)/t11-/m0/s1. The third kappa shape index (κ3) is 3.85. The minimum atomic E-state index is -0.965. The van der Waals surface area contributed by atoms with E-state index in [1.807, 2.05) is 0 Å². The number of nitrogens with zero attached hydrogens (tertiary/aromatic N) is 2. The molecule has 3 rings (SSSR count). The number of aliphatic carboxylic acids is 1. The van der Waals surface area contributed by atoms with Gasteiger partial charge in [0.05, 0.1) is 29.8 Å². The van der Waals surface area contributed by atoms with Gasteiger partial charge in [0.25, 0.3) is 5.91 Å². The van der Waals surface area contributed by atoms with E-state index >= 15 is 0 Å². The van der Waals surface area contributed by atoms with Gasteiger partial charge in [0.15, 0.2) is 0 Å². The van der Waals surface area contributed by atoms with Crippen LogP contribution in [0.2, 0.25) is 5.02 Å². The molecule has 9 heteroatoms. The fourth-order valence-electron chi connectivity index (χ4n) is 2.96. The first kappa shape index (κ1) is 17.5. The van der Waals surface area contributed by atoms with Gasteiger partial charge in [-0.2, -0.15) is 0 Å². The van der Waals surface area contributed by atoms with Crippen LogP contribution < -0.4 is 10.2 Å². The van der Waals surface area contributed by atoms with Crippen LogP contribution in [0.15, 0.2) is 18.2 Å². The fraction of sp³-hybridized carbons (Fsp3) is 0.438. The Morgan fingerprint density at radius 2 is 2.16 bits per heavy atom. The lowest BCUT2D eigenvalue weighted by molar-refractivity contribution is -0.141. The summed E-state index contributed by atoms with van der Waals surface area (Å²) < 4.78 is 5.39. The second-order valence-corrected chi connectivity index (χ2v) is 6.30. The highest BCUT2D eigenvalue weighted by Crippen LogP contribution is 2.29. The summed E-state index contributed by atoms with van der Waals surface area (Å²) in [5.41, 5.74) is 0.882. The predicted molar refractivity (Wildman–Crippen MR) is 90.1 cm³/mol. The molecule has 1 atom stereocenters. The molecule has 25 heavy (non-hydrogen) atoms. The third-order valence-corrected chi connectivity index (χ3v) is 4.49. The van der Waals surface area contributed by atoms with E-state index in [2.05, 4.69) is 5.32 Å². The lowest BCUT2D eigenvalue weighted by Gasteiger charge is -2.32. The summed E-state index contributed by atoms with van der Waals surface area (Å²) in [7, 11) is 0. The molecule has 3 amide bonds. The van der Waals surface area contributed by atoms with Crippen molar-refractivity contribution in [3.05, 3.63) is 28.8 Å². The minimum Gasteiger partial charge on any atom is -0.481 e. The Morgan fingerprint density at radius 3 is 2.84 bits per heavy atom. The number of carbonyl (C=O) groups excluding carboxylic acids is 2. The maximum atomic E-state index is 12.8. The number of ether oxygens (including phenoxy) is 1. The van der Waals surface area contributed by atoms with Gasteiger partial charge in [0.1, 0.15) is 0 Å². The number of halogens is 1. The normalized spacial score (nSPS) is 20.5. The molecule has 2 saturated heterocycles. The van der Waals surface area contributed by atoms with Crippen molar-refractivity contribution in [1.29, 1.82) is 0 Å². The molecular weight excluding hydrogens is 350 g/mol. The Morgan fingerprint density at radius 1 is 1.36 bits per heavy atom. The summed E-state index contributed by atoms with van der Waals surface area (Å²) in [6.07, 6.45) is -0.671. The van der Waals surface area contributed by atoms with Crippen LogP contribution in [-0.2, 0) is 9.53 Å². The maximum Gasteiger partial charge on any atom is 0.322 e. The van der Waals surface area contributed by atoms with Crippen LogP contribution >= 0.6 is 11.6 Å². The van der Waals surface area contributed by atoms with Crippen molar-refractivity contribution in [3.63, 3.8) is 0 Å². The van der Waals surface area contributed by atoms with Crippen LogP contribution in [0.4, 0.5) is 10.5 Å². The third-order valence-electron chi connectivity index (χ3n) is 4.17. The number of morpholine rings is 1. The SMILES string of the molecule is O=C(O)C[C@H]1CN(C(=O)c2ccc(Cl)c(N3CCNC3=O)c2)CCO1. The number of benzene rings is 1. The van der Waals surface area contributed by atoms with Gasteiger partial charge in [-0.3, -0.25) is 14.5 Å². The van der Waals surface area contributed by atoms with Crippen LogP contribution in [0.5, 0.6) is 0 Å². The van der Waals surface area contributed by atoms with Gasteiger partial charge in [-0.15, -0.1) is 0 Å². The van der Waals surface area contributed by atoms with Gasteiger partial charge in [-0.1, -0.05) is 11.6 Å². The van der Waals surface area contributed by atoms with Crippen molar-refractivity contribution in [3.8, 4) is 0 Å². The van der Waals surface area contributed by atoms with Gasteiger partial charge in [-0.05, 0) is 18.2 Å². The second kappa shape index (κ2) is 7.28. The Balaban J connectivity index is 1.78. The zero-order valence-electron chi connectivity index (χ0n) is 13.4. The molecule has 0 bridgehead atoms. The van der Waals surface area contributed by atoms with E-state index in [9.17, 15) is 14.4 Å². The smallest absolute Gasteiger partial charge is 0.322 e. The summed E-state index contributed by atoms with van der Waals surface area (Å²) in [6.45, 7) is 1.89. The quantitative estimate of drug-likeness (QED) is 0.832. The lowest BCUT2D eigenvalue weighted by Crippen LogP contribution is -2.46. The number of anilines is 1. The molecule has 1 aromatic carbocycles. The molecule has 134 valence electrons. The highest BCUT2D eigenvalue weighted by atomic mass is 35.5. The van der Waals surface area contributed by atoms with Gasteiger partial charge >= 0.3 is 12.0 Å². The van der Waals surface area contributed by atoms with Gasteiger partial charge in [0, 0.05) is 31.7 Å². The average molecular weight is 368 g/mol. The molecule has 2 fully saturated rings. The Labute approximate surface area is 149 Å². The number of carbonyl (C=O) groups is 3. The molecule has 0 saturated carbocycles. The Bertz CT molecular complexity index is 711. The molecule has 0 aromatic heterocycles. The van der Waals surface area contributed by atoms with Crippen molar-refractivity contribution >= 4 is 35.2 Å². The summed E-state index contributed by atoms with van der Waals surface area (Å²) in [4.78, 5) is 38.5. The average Bonchev–Trinajstić information content (AvgIpc) is 3.00. The number of nitrogens with one attached hydrogen (secondary N) is 1. The molecule has 0 unspecified atom stereocenters. The molecule has 0 radical (unpaired) electrons. The van der Waals surface area contributed by atoms with E-state index in [1.165, 1.54) is 4.90 Å². The number of rotatable bonds is 4. The number of hydrogen-bond acceptors (Lipinski definition) is 4. The molecule has 2 aliphatic heterocycles. The molecule has 0 spiro atoms. The van der Waals surface area contributed by atoms with Gasteiger partial charge in [0.2, 0.25) is 0 Å². The molecule has 1 aromatic rings. The highest BCUT2D eigenvalue weighted by molar-refractivity contribution is 6.34. The van der Waals surface area contributed by atoms with Crippen LogP contribution in [0.25, 0.3) is 0 Å². The summed E-state index contributed by atoms with van der Waals surface area (Å²) in [5, 5.41) is 12.0. The van der Waals surface area contributed by atoms with Crippen molar-refractivity contribution in [2.45, 2.75) is 12.5 Å². The molecule has 0 aliphatic carbocycles. The van der Waals surface area contributed by atoms with Crippen LogP contribution in [0, 0.1) is 0 Å². The van der Waals surface area contributed by atoms with Crippen LogP contribution in [-0.4, -0.2) is 66.8 Å². The number of urea groups is 1. The Kier molecular flexibility index (Phi) is 5.10. The largest absolute Gasteiger partial charge is 0.481 e. The van der Waals surface area contributed by atoms with E-state index in [0.717, 1.165) is 0 Å². The van der Waals surface area contributed by atoms with E-state index in [4.69, 9.17) is 21.4 Å². The number of carboxylic acid groups (broad SMARTS) is 1. The fourth-order valence-corrected chi connectivity index (χ4v) is 3.18. The van der Waals surface area contributed by atoms with Crippen molar-refractivity contribution in [2.75, 3.05) is 37.7 Å². The maximum absolute atomic E-state index is 12.8. The zero-order chi connectivity index (χ0) is 18.0. The van der Waals surface area contributed by atoms with E-state index < -0.39 is 12.1 Å². The van der Waals surface area contributed by atoms with E-state index in [-0.39, 0.29) is 24.9 Å². The predicted octanol–water partition coefficient (Wildman–Crippen LogP) is 1.19. The number of hydrogen-bond donors (Lipinski definition) is 2. The summed E-state index contributed by atoms with van der Waals surface area (Å²) in [5.74, 6) is -1.20. The van der Waals surface area contributed by atoms with E-state index in [0.29, 0.717) is 42.5 Å².